The molecule has 1 aromatic rings. The van der Waals surface area contributed by atoms with Gasteiger partial charge in [0.25, 0.3) is 0 Å². The maximum Gasteiger partial charge on any atom is 0.0972 e. The molecule has 1 atom stereocenters. The summed E-state index contributed by atoms with van der Waals surface area (Å²) in [4.78, 5) is 0. The van der Waals surface area contributed by atoms with E-state index in [-0.39, 0.29) is 0 Å². The summed E-state index contributed by atoms with van der Waals surface area (Å²) >= 11 is 0. The van der Waals surface area contributed by atoms with Gasteiger partial charge in [-0.05, 0) is 18.6 Å². The zero-order valence-corrected chi connectivity index (χ0v) is 6.79. The van der Waals surface area contributed by atoms with Gasteiger partial charge in [-0.1, -0.05) is 6.92 Å². The molecule has 0 saturated heterocycles. The zero-order chi connectivity index (χ0) is 7.68. The second-order valence-corrected chi connectivity index (χ2v) is 2.89. The first-order valence-corrected chi connectivity index (χ1v) is 4.18. The second kappa shape index (κ2) is 2.70. The Morgan fingerprint density at radius 3 is 3.45 bits per heavy atom. The van der Waals surface area contributed by atoms with Gasteiger partial charge in [0.15, 0.2) is 0 Å². The van der Waals surface area contributed by atoms with Crippen LogP contribution in [-0.4, -0.2) is 11.2 Å². The van der Waals surface area contributed by atoms with Crippen molar-refractivity contribution in [3.05, 3.63) is 24.0 Å². The number of hydrogen-bond acceptors (Lipinski definition) is 1. The van der Waals surface area contributed by atoms with Crippen LogP contribution in [0.3, 0.4) is 0 Å². The SMILES string of the molecule is CCC1OCCn2cccc21. The Morgan fingerprint density at radius 2 is 2.64 bits per heavy atom. The van der Waals surface area contributed by atoms with E-state index in [9.17, 15) is 0 Å². The molecule has 2 heteroatoms. The van der Waals surface area contributed by atoms with Crippen LogP contribution in [0.25, 0.3) is 0 Å². The van der Waals surface area contributed by atoms with Gasteiger partial charge in [-0.15, -0.1) is 0 Å². The summed E-state index contributed by atoms with van der Waals surface area (Å²) in [7, 11) is 0. The zero-order valence-electron chi connectivity index (χ0n) is 6.79. The highest BCUT2D eigenvalue weighted by Gasteiger charge is 2.17. The molecule has 0 radical (unpaired) electrons. The highest BCUT2D eigenvalue weighted by atomic mass is 16.5. The normalized spacial score (nSPS) is 23.2. The summed E-state index contributed by atoms with van der Waals surface area (Å²) in [5, 5.41) is 0. The smallest absolute Gasteiger partial charge is 0.0972 e. The molecule has 0 fully saturated rings. The van der Waals surface area contributed by atoms with Gasteiger partial charge >= 0.3 is 0 Å². The molecule has 1 aromatic heterocycles. The lowest BCUT2D eigenvalue weighted by atomic mass is 10.2. The van der Waals surface area contributed by atoms with Crippen LogP contribution in [0, 0.1) is 0 Å². The van der Waals surface area contributed by atoms with Crippen LogP contribution in [0.1, 0.15) is 25.1 Å². The molecular formula is C9H13NO. The molecule has 0 bridgehead atoms. The fraction of sp³-hybridized carbons (Fsp3) is 0.556. The molecule has 2 rings (SSSR count). The number of hydrogen-bond donors (Lipinski definition) is 0. The first kappa shape index (κ1) is 6.92. The van der Waals surface area contributed by atoms with Crippen molar-refractivity contribution in [2.45, 2.75) is 26.0 Å². The Balaban J connectivity index is 2.32. The minimum absolute atomic E-state index is 0.332. The van der Waals surface area contributed by atoms with Gasteiger partial charge in [0.05, 0.1) is 12.7 Å². The second-order valence-electron chi connectivity index (χ2n) is 2.89. The van der Waals surface area contributed by atoms with Crippen LogP contribution in [0.2, 0.25) is 0 Å². The standard InChI is InChI=1S/C9H13NO/c1-2-9-8-4-3-5-10(8)6-7-11-9/h3-5,9H,2,6-7H2,1H3. The van der Waals surface area contributed by atoms with Crippen LogP contribution in [-0.2, 0) is 11.3 Å². The molecule has 0 spiro atoms. The van der Waals surface area contributed by atoms with Crippen LogP contribution in [0.15, 0.2) is 18.3 Å². The molecule has 1 aliphatic heterocycles. The van der Waals surface area contributed by atoms with Gasteiger partial charge in [0, 0.05) is 18.4 Å². The minimum atomic E-state index is 0.332. The molecule has 60 valence electrons. The van der Waals surface area contributed by atoms with Crippen molar-refractivity contribution < 1.29 is 4.74 Å². The number of aromatic nitrogens is 1. The van der Waals surface area contributed by atoms with Gasteiger partial charge in [-0.25, -0.2) is 0 Å². The summed E-state index contributed by atoms with van der Waals surface area (Å²) in [6, 6.07) is 4.24. The van der Waals surface area contributed by atoms with Gasteiger partial charge in [0.1, 0.15) is 0 Å². The lowest BCUT2D eigenvalue weighted by Gasteiger charge is -2.24. The fourth-order valence-corrected chi connectivity index (χ4v) is 1.63. The molecule has 1 unspecified atom stereocenters. The van der Waals surface area contributed by atoms with Gasteiger partial charge < -0.3 is 9.30 Å². The van der Waals surface area contributed by atoms with Crippen molar-refractivity contribution in [2.75, 3.05) is 6.61 Å². The third-order valence-electron chi connectivity index (χ3n) is 2.22. The summed E-state index contributed by atoms with van der Waals surface area (Å²) in [6.45, 7) is 4.03. The van der Waals surface area contributed by atoms with Crippen LogP contribution >= 0.6 is 0 Å². The predicted octanol–water partition coefficient (Wildman–Crippen LogP) is 1.97. The summed E-state index contributed by atoms with van der Waals surface area (Å²) in [5.41, 5.74) is 1.33. The van der Waals surface area contributed by atoms with E-state index < -0.39 is 0 Å². The van der Waals surface area contributed by atoms with Gasteiger partial charge in [-0.3, -0.25) is 0 Å². The average molecular weight is 151 g/mol. The van der Waals surface area contributed by atoms with Gasteiger partial charge in [0.2, 0.25) is 0 Å². The highest BCUT2D eigenvalue weighted by molar-refractivity contribution is 5.11. The van der Waals surface area contributed by atoms with Crippen LogP contribution in [0.4, 0.5) is 0 Å². The monoisotopic (exact) mass is 151 g/mol. The largest absolute Gasteiger partial charge is 0.370 e. The Morgan fingerprint density at radius 1 is 1.73 bits per heavy atom. The minimum Gasteiger partial charge on any atom is -0.370 e. The van der Waals surface area contributed by atoms with Crippen LogP contribution < -0.4 is 0 Å². The summed E-state index contributed by atoms with van der Waals surface area (Å²) in [5.74, 6) is 0. The molecule has 0 aliphatic carbocycles. The molecule has 0 saturated carbocycles. The molecule has 1 aliphatic rings. The third-order valence-corrected chi connectivity index (χ3v) is 2.22. The molecule has 2 heterocycles. The first-order chi connectivity index (χ1) is 5.42. The Kier molecular flexibility index (Phi) is 1.70. The predicted molar refractivity (Wildman–Crippen MR) is 43.4 cm³/mol. The Hall–Kier alpha value is -0.760. The van der Waals surface area contributed by atoms with Crippen molar-refractivity contribution in [2.24, 2.45) is 0 Å². The van der Waals surface area contributed by atoms with E-state index in [2.05, 4.69) is 29.8 Å². The van der Waals surface area contributed by atoms with Crippen molar-refractivity contribution in [1.29, 1.82) is 0 Å². The molecule has 0 aromatic carbocycles. The van der Waals surface area contributed by atoms with E-state index in [1.54, 1.807) is 0 Å². The Labute approximate surface area is 66.8 Å². The van der Waals surface area contributed by atoms with Crippen molar-refractivity contribution >= 4 is 0 Å². The molecule has 11 heavy (non-hydrogen) atoms. The maximum atomic E-state index is 5.59. The Bertz CT molecular complexity index is 241. The van der Waals surface area contributed by atoms with E-state index in [1.807, 2.05) is 0 Å². The molecule has 0 N–H and O–H groups in total. The lowest BCUT2D eigenvalue weighted by Crippen LogP contribution is -2.19. The number of nitrogens with zero attached hydrogens (tertiary/aromatic N) is 1. The fourth-order valence-electron chi connectivity index (χ4n) is 1.63. The summed E-state index contributed by atoms with van der Waals surface area (Å²) < 4.78 is 7.87. The van der Waals surface area contributed by atoms with Crippen molar-refractivity contribution in [3.8, 4) is 0 Å². The number of fused-ring (bicyclic) bond motifs is 1. The van der Waals surface area contributed by atoms with E-state index in [1.165, 1.54) is 5.69 Å². The quantitative estimate of drug-likeness (QED) is 0.598. The third kappa shape index (κ3) is 1.07. The molecule has 0 amide bonds. The number of rotatable bonds is 1. The highest BCUT2D eigenvalue weighted by Crippen LogP contribution is 2.24. The average Bonchev–Trinajstić information content (AvgIpc) is 2.50. The van der Waals surface area contributed by atoms with E-state index in [4.69, 9.17) is 4.74 Å². The van der Waals surface area contributed by atoms with Gasteiger partial charge in [-0.2, -0.15) is 0 Å². The molecular weight excluding hydrogens is 138 g/mol. The molecule has 2 nitrogen and oxygen atoms in total. The maximum absolute atomic E-state index is 5.59. The van der Waals surface area contributed by atoms with E-state index in [0.29, 0.717) is 6.10 Å². The number of ether oxygens (including phenoxy) is 1. The van der Waals surface area contributed by atoms with Crippen molar-refractivity contribution in [1.82, 2.24) is 4.57 Å². The topological polar surface area (TPSA) is 14.2 Å². The first-order valence-electron chi connectivity index (χ1n) is 4.18. The van der Waals surface area contributed by atoms with E-state index >= 15 is 0 Å². The van der Waals surface area contributed by atoms with Crippen LogP contribution in [0.5, 0.6) is 0 Å². The van der Waals surface area contributed by atoms with E-state index in [0.717, 1.165) is 19.6 Å². The van der Waals surface area contributed by atoms with Crippen molar-refractivity contribution in [3.63, 3.8) is 0 Å². The lowest BCUT2D eigenvalue weighted by molar-refractivity contribution is 0.0183. The summed E-state index contributed by atoms with van der Waals surface area (Å²) in [6.07, 6.45) is 3.53.